The Bertz CT molecular complexity index is 243. The fourth-order valence-corrected chi connectivity index (χ4v) is 2.41. The summed E-state index contributed by atoms with van der Waals surface area (Å²) in [5, 5.41) is 4.03. The van der Waals surface area contributed by atoms with Gasteiger partial charge in [-0.05, 0) is 23.2 Å². The molecule has 0 heterocycles. The van der Waals surface area contributed by atoms with Gasteiger partial charge in [0.05, 0.1) is 0 Å². The average molecular weight is 306 g/mol. The number of halogens is 1. The Labute approximate surface area is 115 Å². The Hall–Kier alpha value is -0.0500. The van der Waals surface area contributed by atoms with Gasteiger partial charge in [0.15, 0.2) is 0 Å². The van der Waals surface area contributed by atoms with E-state index in [1.54, 1.807) is 0 Å². The standard InChI is InChI=1S/C14H28BrNO/c1-11(13(2,3)4)9-12(17)16-10-14(5,6)7-8-15/h11H,7-10H2,1-6H3,(H,16,17). The fraction of sp³-hybridized carbons (Fsp3) is 0.929. The normalized spacial score (nSPS) is 14.5. The number of amides is 1. The SMILES string of the molecule is CC(CC(=O)NCC(C)(C)CCBr)C(C)(C)C. The lowest BCUT2D eigenvalue weighted by Crippen LogP contribution is -2.36. The van der Waals surface area contributed by atoms with Crippen molar-refractivity contribution in [3.05, 3.63) is 0 Å². The predicted molar refractivity (Wildman–Crippen MR) is 78.4 cm³/mol. The van der Waals surface area contributed by atoms with Gasteiger partial charge in [0.25, 0.3) is 0 Å². The molecule has 2 nitrogen and oxygen atoms in total. The molecule has 0 aromatic rings. The van der Waals surface area contributed by atoms with E-state index in [1.807, 2.05) is 0 Å². The number of hydrogen-bond acceptors (Lipinski definition) is 1. The molecular weight excluding hydrogens is 278 g/mol. The minimum Gasteiger partial charge on any atom is -0.356 e. The third-order valence-corrected chi connectivity index (χ3v) is 3.90. The summed E-state index contributed by atoms with van der Waals surface area (Å²) < 4.78 is 0. The van der Waals surface area contributed by atoms with Crippen molar-refractivity contribution in [1.29, 1.82) is 0 Å². The predicted octanol–water partition coefficient (Wildman–Crippen LogP) is 3.99. The number of alkyl halides is 1. The Balaban J connectivity index is 4.04. The van der Waals surface area contributed by atoms with Crippen molar-refractivity contribution in [3.63, 3.8) is 0 Å². The van der Waals surface area contributed by atoms with Gasteiger partial charge in [-0.25, -0.2) is 0 Å². The molecule has 0 fully saturated rings. The van der Waals surface area contributed by atoms with Crippen LogP contribution in [-0.2, 0) is 4.79 Å². The van der Waals surface area contributed by atoms with Crippen LogP contribution >= 0.6 is 15.9 Å². The molecule has 0 aromatic heterocycles. The minimum absolute atomic E-state index is 0.171. The second-order valence-corrected chi connectivity index (χ2v) is 7.64. The Morgan fingerprint density at radius 1 is 1.24 bits per heavy atom. The summed E-state index contributed by atoms with van der Waals surface area (Å²) in [5.74, 6) is 0.580. The molecule has 1 amide bonds. The van der Waals surface area contributed by atoms with Crippen LogP contribution in [0.3, 0.4) is 0 Å². The zero-order chi connectivity index (χ0) is 13.7. The van der Waals surface area contributed by atoms with E-state index in [1.165, 1.54) is 0 Å². The molecule has 0 saturated heterocycles. The molecule has 0 aliphatic rings. The second-order valence-electron chi connectivity index (χ2n) is 6.85. The first kappa shape index (κ1) is 16.9. The molecule has 0 aliphatic carbocycles. The van der Waals surface area contributed by atoms with Crippen LogP contribution in [0.5, 0.6) is 0 Å². The maximum absolute atomic E-state index is 11.8. The van der Waals surface area contributed by atoms with Gasteiger partial charge in [-0.1, -0.05) is 57.5 Å². The first-order valence-electron chi connectivity index (χ1n) is 6.41. The van der Waals surface area contributed by atoms with Gasteiger partial charge in [-0.2, -0.15) is 0 Å². The summed E-state index contributed by atoms with van der Waals surface area (Å²) in [5.41, 5.74) is 0.368. The van der Waals surface area contributed by atoms with Crippen LogP contribution in [0, 0.1) is 16.7 Å². The maximum Gasteiger partial charge on any atom is 0.220 e. The molecule has 3 heteroatoms. The van der Waals surface area contributed by atoms with Gasteiger partial charge in [-0.15, -0.1) is 0 Å². The van der Waals surface area contributed by atoms with E-state index in [0.717, 1.165) is 18.3 Å². The largest absolute Gasteiger partial charge is 0.356 e. The topological polar surface area (TPSA) is 29.1 Å². The van der Waals surface area contributed by atoms with E-state index < -0.39 is 0 Å². The maximum atomic E-state index is 11.8. The van der Waals surface area contributed by atoms with Gasteiger partial charge in [0, 0.05) is 18.3 Å². The number of hydrogen-bond donors (Lipinski definition) is 1. The molecule has 0 radical (unpaired) electrons. The molecule has 0 saturated carbocycles. The molecule has 17 heavy (non-hydrogen) atoms. The fourth-order valence-electron chi connectivity index (χ4n) is 1.34. The molecule has 0 aliphatic heterocycles. The molecule has 0 rings (SSSR count). The highest BCUT2D eigenvalue weighted by molar-refractivity contribution is 9.09. The van der Waals surface area contributed by atoms with Crippen LogP contribution in [-0.4, -0.2) is 17.8 Å². The monoisotopic (exact) mass is 305 g/mol. The highest BCUT2D eigenvalue weighted by atomic mass is 79.9. The summed E-state index contributed by atoms with van der Waals surface area (Å²) in [4.78, 5) is 11.8. The van der Waals surface area contributed by atoms with Gasteiger partial charge in [0.2, 0.25) is 5.91 Å². The van der Waals surface area contributed by atoms with E-state index in [4.69, 9.17) is 0 Å². The minimum atomic E-state index is 0.171. The van der Waals surface area contributed by atoms with Crippen LogP contribution in [0.4, 0.5) is 0 Å². The molecule has 1 atom stereocenters. The summed E-state index contributed by atoms with van der Waals surface area (Å²) in [7, 11) is 0. The summed E-state index contributed by atoms with van der Waals surface area (Å²) in [6.07, 6.45) is 1.69. The number of rotatable bonds is 6. The zero-order valence-electron chi connectivity index (χ0n) is 12.2. The molecule has 0 bridgehead atoms. The summed E-state index contributed by atoms with van der Waals surface area (Å²) in [6.45, 7) is 13.8. The molecule has 1 N–H and O–H groups in total. The smallest absolute Gasteiger partial charge is 0.220 e. The Morgan fingerprint density at radius 2 is 1.76 bits per heavy atom. The first-order chi connectivity index (χ1) is 7.58. The lowest BCUT2D eigenvalue weighted by atomic mass is 9.80. The van der Waals surface area contributed by atoms with Crippen LogP contribution in [0.15, 0.2) is 0 Å². The van der Waals surface area contributed by atoms with Crippen molar-refractivity contribution in [1.82, 2.24) is 5.32 Å². The Kier molecular flexibility index (Phi) is 6.75. The van der Waals surface area contributed by atoms with E-state index in [2.05, 4.69) is 62.8 Å². The molecule has 0 spiro atoms. The van der Waals surface area contributed by atoms with Crippen molar-refractivity contribution in [2.75, 3.05) is 11.9 Å². The molecular formula is C14H28BrNO. The van der Waals surface area contributed by atoms with Crippen molar-refractivity contribution in [3.8, 4) is 0 Å². The van der Waals surface area contributed by atoms with E-state index in [0.29, 0.717) is 12.3 Å². The number of carbonyl (C=O) groups excluding carboxylic acids is 1. The van der Waals surface area contributed by atoms with Gasteiger partial charge < -0.3 is 5.32 Å². The van der Waals surface area contributed by atoms with Crippen LogP contribution in [0.25, 0.3) is 0 Å². The van der Waals surface area contributed by atoms with Crippen LogP contribution in [0.1, 0.15) is 54.4 Å². The quantitative estimate of drug-likeness (QED) is 0.739. The van der Waals surface area contributed by atoms with Crippen molar-refractivity contribution >= 4 is 21.8 Å². The summed E-state index contributed by atoms with van der Waals surface area (Å²) >= 11 is 3.45. The van der Waals surface area contributed by atoms with Crippen molar-refractivity contribution < 1.29 is 4.79 Å². The highest BCUT2D eigenvalue weighted by Gasteiger charge is 2.23. The number of nitrogens with one attached hydrogen (secondary N) is 1. The molecule has 0 aromatic carbocycles. The average Bonchev–Trinajstić information content (AvgIpc) is 2.13. The molecule has 102 valence electrons. The van der Waals surface area contributed by atoms with Gasteiger partial charge in [0.1, 0.15) is 0 Å². The third-order valence-electron chi connectivity index (χ3n) is 3.51. The van der Waals surface area contributed by atoms with Gasteiger partial charge in [-0.3, -0.25) is 4.79 Å². The zero-order valence-corrected chi connectivity index (χ0v) is 13.8. The third kappa shape index (κ3) is 7.80. The van der Waals surface area contributed by atoms with Crippen molar-refractivity contribution in [2.45, 2.75) is 54.4 Å². The Morgan fingerprint density at radius 3 is 2.18 bits per heavy atom. The van der Waals surface area contributed by atoms with E-state index in [9.17, 15) is 4.79 Å². The van der Waals surface area contributed by atoms with E-state index >= 15 is 0 Å². The lowest BCUT2D eigenvalue weighted by Gasteiger charge is -2.28. The van der Waals surface area contributed by atoms with Crippen LogP contribution in [0.2, 0.25) is 0 Å². The molecule has 1 unspecified atom stereocenters. The lowest BCUT2D eigenvalue weighted by molar-refractivity contribution is -0.123. The van der Waals surface area contributed by atoms with E-state index in [-0.39, 0.29) is 16.7 Å². The summed E-state index contributed by atoms with van der Waals surface area (Å²) in [6, 6.07) is 0. The highest BCUT2D eigenvalue weighted by Crippen LogP contribution is 2.28. The van der Waals surface area contributed by atoms with Crippen LogP contribution < -0.4 is 5.32 Å². The second kappa shape index (κ2) is 6.77. The van der Waals surface area contributed by atoms with Crippen molar-refractivity contribution in [2.24, 2.45) is 16.7 Å². The first-order valence-corrected chi connectivity index (χ1v) is 7.53. The number of carbonyl (C=O) groups is 1. The van der Waals surface area contributed by atoms with Gasteiger partial charge >= 0.3 is 0 Å².